The van der Waals surface area contributed by atoms with Crippen LogP contribution in [0.3, 0.4) is 0 Å². The van der Waals surface area contributed by atoms with E-state index in [1.165, 1.54) is 0 Å². The second-order valence-corrected chi connectivity index (χ2v) is 4.92. The van der Waals surface area contributed by atoms with Crippen LogP contribution in [0.5, 0.6) is 0 Å². The SMILES string of the molecule is Cn1nc(-c2ccccc2)c(N)c1NC(=O)c1ccccc1. The smallest absolute Gasteiger partial charge is 0.256 e. The average Bonchev–Trinajstić information content (AvgIpc) is 2.84. The van der Waals surface area contributed by atoms with Crippen LogP contribution in [0, 0.1) is 0 Å². The van der Waals surface area contributed by atoms with Gasteiger partial charge in [-0.3, -0.25) is 9.48 Å². The third-order valence-corrected chi connectivity index (χ3v) is 3.40. The second kappa shape index (κ2) is 5.73. The van der Waals surface area contributed by atoms with Gasteiger partial charge in [0.25, 0.3) is 5.91 Å². The summed E-state index contributed by atoms with van der Waals surface area (Å²) in [4.78, 5) is 12.3. The lowest BCUT2D eigenvalue weighted by molar-refractivity contribution is 0.102. The van der Waals surface area contributed by atoms with Crippen molar-refractivity contribution in [2.45, 2.75) is 0 Å². The number of aryl methyl sites for hydroxylation is 1. The van der Waals surface area contributed by atoms with E-state index in [0.29, 0.717) is 22.8 Å². The van der Waals surface area contributed by atoms with Crippen molar-refractivity contribution in [3.8, 4) is 11.3 Å². The summed E-state index contributed by atoms with van der Waals surface area (Å²) in [6.45, 7) is 0. The predicted octanol–water partition coefficient (Wildman–Crippen LogP) is 2.92. The van der Waals surface area contributed by atoms with Gasteiger partial charge in [0.15, 0.2) is 5.82 Å². The molecule has 0 unspecified atom stereocenters. The van der Waals surface area contributed by atoms with Crippen molar-refractivity contribution < 1.29 is 4.79 Å². The van der Waals surface area contributed by atoms with Gasteiger partial charge >= 0.3 is 0 Å². The Balaban J connectivity index is 1.93. The molecule has 3 N–H and O–H groups in total. The summed E-state index contributed by atoms with van der Waals surface area (Å²) in [6, 6.07) is 18.6. The maximum atomic E-state index is 12.3. The molecule has 0 aliphatic heterocycles. The number of hydrogen-bond donors (Lipinski definition) is 2. The Hall–Kier alpha value is -3.08. The molecule has 3 aromatic rings. The van der Waals surface area contributed by atoms with Gasteiger partial charge < -0.3 is 11.1 Å². The van der Waals surface area contributed by atoms with Crippen molar-refractivity contribution in [1.29, 1.82) is 0 Å². The zero-order valence-corrected chi connectivity index (χ0v) is 12.2. The van der Waals surface area contributed by atoms with Gasteiger partial charge in [-0.25, -0.2) is 0 Å². The standard InChI is InChI=1S/C17H16N4O/c1-21-16(19-17(22)13-10-6-3-7-11-13)14(18)15(20-21)12-8-4-2-5-9-12/h2-11H,18H2,1H3,(H,19,22). The molecule has 5 heteroatoms. The Labute approximate surface area is 128 Å². The lowest BCUT2D eigenvalue weighted by Gasteiger charge is -2.06. The quantitative estimate of drug-likeness (QED) is 0.779. The summed E-state index contributed by atoms with van der Waals surface area (Å²) < 4.78 is 1.58. The number of carbonyl (C=O) groups is 1. The van der Waals surface area contributed by atoms with Gasteiger partial charge in [-0.15, -0.1) is 0 Å². The van der Waals surface area contributed by atoms with Crippen LogP contribution >= 0.6 is 0 Å². The first kappa shape index (κ1) is 13.9. The molecule has 1 amide bonds. The molecule has 1 aromatic heterocycles. The van der Waals surface area contributed by atoms with E-state index in [1.54, 1.807) is 23.9 Å². The van der Waals surface area contributed by atoms with Crippen LogP contribution in [-0.2, 0) is 7.05 Å². The molecule has 0 atom stereocenters. The molecule has 5 nitrogen and oxygen atoms in total. The van der Waals surface area contributed by atoms with Gasteiger partial charge in [-0.2, -0.15) is 5.10 Å². The first-order valence-corrected chi connectivity index (χ1v) is 6.91. The minimum Gasteiger partial charge on any atom is -0.394 e. The number of aromatic nitrogens is 2. The van der Waals surface area contributed by atoms with Gasteiger partial charge in [0.05, 0.1) is 0 Å². The zero-order valence-electron chi connectivity index (χ0n) is 12.2. The van der Waals surface area contributed by atoms with Crippen molar-refractivity contribution in [1.82, 2.24) is 9.78 Å². The summed E-state index contributed by atoms with van der Waals surface area (Å²) in [5.74, 6) is 0.280. The lowest BCUT2D eigenvalue weighted by Crippen LogP contribution is -2.15. The van der Waals surface area contributed by atoms with E-state index >= 15 is 0 Å². The number of nitrogens with one attached hydrogen (secondary N) is 1. The Morgan fingerprint density at radius 2 is 1.64 bits per heavy atom. The van der Waals surface area contributed by atoms with Crippen molar-refractivity contribution in [3.05, 3.63) is 66.2 Å². The number of benzene rings is 2. The predicted molar refractivity (Wildman–Crippen MR) is 87.5 cm³/mol. The Morgan fingerprint density at radius 1 is 1.05 bits per heavy atom. The van der Waals surface area contributed by atoms with Gasteiger partial charge in [-0.05, 0) is 12.1 Å². The molecule has 3 rings (SSSR count). The van der Waals surface area contributed by atoms with E-state index in [2.05, 4.69) is 10.4 Å². The monoisotopic (exact) mass is 292 g/mol. The van der Waals surface area contributed by atoms with Crippen LogP contribution < -0.4 is 11.1 Å². The minimum absolute atomic E-state index is 0.213. The Morgan fingerprint density at radius 3 is 2.27 bits per heavy atom. The van der Waals surface area contributed by atoms with Crippen molar-refractivity contribution >= 4 is 17.4 Å². The minimum atomic E-state index is -0.213. The van der Waals surface area contributed by atoms with Gasteiger partial charge in [0.1, 0.15) is 11.4 Å². The van der Waals surface area contributed by atoms with Crippen LogP contribution in [0.1, 0.15) is 10.4 Å². The molecule has 1 heterocycles. The topological polar surface area (TPSA) is 72.9 Å². The molecule has 0 saturated carbocycles. The number of hydrogen-bond acceptors (Lipinski definition) is 3. The Bertz CT molecular complexity index is 794. The molecule has 2 aromatic carbocycles. The molecule has 0 bridgehead atoms. The molecule has 0 saturated heterocycles. The normalized spacial score (nSPS) is 10.4. The maximum absolute atomic E-state index is 12.3. The fourth-order valence-electron chi connectivity index (χ4n) is 2.27. The number of carbonyl (C=O) groups excluding carboxylic acids is 1. The summed E-state index contributed by atoms with van der Waals surface area (Å²) in [6.07, 6.45) is 0. The first-order valence-electron chi connectivity index (χ1n) is 6.91. The number of nitrogens with two attached hydrogens (primary N) is 1. The van der Waals surface area contributed by atoms with Gasteiger partial charge in [0.2, 0.25) is 0 Å². The lowest BCUT2D eigenvalue weighted by atomic mass is 10.1. The van der Waals surface area contributed by atoms with Gasteiger partial charge in [0, 0.05) is 18.2 Å². The zero-order chi connectivity index (χ0) is 15.5. The van der Waals surface area contributed by atoms with E-state index in [0.717, 1.165) is 5.56 Å². The maximum Gasteiger partial charge on any atom is 0.256 e. The molecule has 0 aliphatic carbocycles. The highest BCUT2D eigenvalue weighted by Crippen LogP contribution is 2.30. The Kier molecular flexibility index (Phi) is 3.62. The average molecular weight is 292 g/mol. The molecular weight excluding hydrogens is 276 g/mol. The third-order valence-electron chi connectivity index (χ3n) is 3.40. The van der Waals surface area contributed by atoms with Gasteiger partial charge in [-0.1, -0.05) is 48.5 Å². The van der Waals surface area contributed by atoms with Crippen molar-refractivity contribution in [3.63, 3.8) is 0 Å². The fourth-order valence-corrected chi connectivity index (χ4v) is 2.27. The molecule has 0 aliphatic rings. The number of amides is 1. The molecule has 0 spiro atoms. The highest BCUT2D eigenvalue weighted by atomic mass is 16.1. The highest BCUT2D eigenvalue weighted by molar-refractivity contribution is 6.06. The van der Waals surface area contributed by atoms with Crippen molar-refractivity contribution in [2.24, 2.45) is 7.05 Å². The van der Waals surface area contributed by atoms with Crippen LogP contribution in [0.4, 0.5) is 11.5 Å². The van der Waals surface area contributed by atoms with Crippen LogP contribution in [0.15, 0.2) is 60.7 Å². The van der Waals surface area contributed by atoms with Crippen molar-refractivity contribution in [2.75, 3.05) is 11.1 Å². The number of rotatable bonds is 3. The summed E-state index contributed by atoms with van der Waals surface area (Å²) in [5, 5.41) is 7.23. The molecule has 0 radical (unpaired) electrons. The first-order chi connectivity index (χ1) is 10.7. The summed E-state index contributed by atoms with van der Waals surface area (Å²) in [7, 11) is 1.75. The second-order valence-electron chi connectivity index (χ2n) is 4.92. The summed E-state index contributed by atoms with van der Waals surface area (Å²) >= 11 is 0. The highest BCUT2D eigenvalue weighted by Gasteiger charge is 2.17. The van der Waals surface area contributed by atoms with Crippen LogP contribution in [0.2, 0.25) is 0 Å². The third kappa shape index (κ3) is 2.56. The molecule has 110 valence electrons. The van der Waals surface area contributed by atoms with E-state index < -0.39 is 0 Å². The largest absolute Gasteiger partial charge is 0.394 e. The van der Waals surface area contributed by atoms with Crippen LogP contribution in [0.25, 0.3) is 11.3 Å². The number of nitrogens with zero attached hydrogens (tertiary/aromatic N) is 2. The van der Waals surface area contributed by atoms with E-state index in [9.17, 15) is 4.79 Å². The molecule has 0 fully saturated rings. The van der Waals surface area contributed by atoms with E-state index in [-0.39, 0.29) is 5.91 Å². The number of anilines is 2. The van der Waals surface area contributed by atoms with E-state index in [4.69, 9.17) is 5.73 Å². The van der Waals surface area contributed by atoms with E-state index in [1.807, 2.05) is 48.5 Å². The molecular formula is C17H16N4O. The number of nitrogen functional groups attached to an aromatic ring is 1. The van der Waals surface area contributed by atoms with Crippen LogP contribution in [-0.4, -0.2) is 15.7 Å². The molecule has 22 heavy (non-hydrogen) atoms. The fraction of sp³-hybridized carbons (Fsp3) is 0.0588. The summed E-state index contributed by atoms with van der Waals surface area (Å²) in [5.41, 5.74) is 8.77.